The number of benzene rings is 4. The van der Waals surface area contributed by atoms with Crippen LogP contribution in [0, 0.1) is 0 Å². The largest absolute Gasteiger partial charge is 0.496 e. The molecule has 0 N–H and O–H groups in total. The van der Waals surface area contributed by atoms with E-state index < -0.39 is 6.15 Å². The van der Waals surface area contributed by atoms with Gasteiger partial charge in [0.1, 0.15) is 11.9 Å². The van der Waals surface area contributed by atoms with Gasteiger partial charge in [0.15, 0.2) is 0 Å². The van der Waals surface area contributed by atoms with Gasteiger partial charge in [-0.1, -0.05) is 121 Å². The molecule has 0 unspecified atom stereocenters. The zero-order chi connectivity index (χ0) is 25.9. The first-order valence-corrected chi connectivity index (χ1v) is 12.3. The topological polar surface area (TPSA) is 39.4 Å². The third-order valence-electron chi connectivity index (χ3n) is 6.44. The number of ether oxygens (including phenoxy) is 1. The summed E-state index contributed by atoms with van der Waals surface area (Å²) in [6, 6.07) is 46.9. The molecule has 4 aromatic carbocycles. The van der Waals surface area contributed by atoms with E-state index in [0.29, 0.717) is 0 Å². The molecule has 184 valence electrons. The molecule has 0 bridgehead atoms. The number of rotatable bonds is 6. The Bertz CT molecular complexity index is 1210. The molecule has 5 heteroatoms. The number of aromatic nitrogens is 1. The summed E-state index contributed by atoms with van der Waals surface area (Å²) >= 11 is 0. The molecule has 0 aliphatic rings. The van der Waals surface area contributed by atoms with E-state index >= 15 is 0 Å². The second-order valence-electron chi connectivity index (χ2n) is 8.69. The van der Waals surface area contributed by atoms with Crippen LogP contribution in [0.15, 0.2) is 146 Å². The van der Waals surface area contributed by atoms with Gasteiger partial charge in [-0.05, 0) is 0 Å². The molecule has 0 amide bonds. The fraction of sp³-hybridized carbons (Fsp3) is 0.0625. The average Bonchev–Trinajstić information content (AvgIpc) is 2.96. The van der Waals surface area contributed by atoms with E-state index in [-0.39, 0.29) is 5.97 Å². The van der Waals surface area contributed by atoms with Gasteiger partial charge < -0.3 is 4.74 Å². The minimum Gasteiger partial charge on any atom is -0.496 e. The molecule has 0 fully saturated rings. The first-order valence-electron chi connectivity index (χ1n) is 12.3. The number of hydrogen-bond donors (Lipinski definition) is 0. The highest BCUT2D eigenvalue weighted by Crippen LogP contribution is 2.09. The molecule has 1 aromatic heterocycles. The van der Waals surface area contributed by atoms with Crippen molar-refractivity contribution in [1.29, 1.82) is 0 Å². The fourth-order valence-corrected chi connectivity index (χ4v) is 4.87. The highest BCUT2D eigenvalue weighted by atomic mass is 16.7. The third kappa shape index (κ3) is 5.96. The van der Waals surface area contributed by atoms with Crippen molar-refractivity contribution in [1.82, 2.24) is 0 Å². The maximum Gasteiger partial charge on any atom is 0.377 e. The molecule has 0 saturated heterocycles. The van der Waals surface area contributed by atoms with Gasteiger partial charge in [-0.2, -0.15) is 26.7 Å². The smallest absolute Gasteiger partial charge is 0.377 e. The number of hydrogen-bond acceptors (Lipinski definition) is 3. The quantitative estimate of drug-likeness (QED) is 0.273. The summed E-state index contributed by atoms with van der Waals surface area (Å²) in [7, 11) is 1.57. The van der Waals surface area contributed by atoms with Crippen molar-refractivity contribution in [3.8, 4) is 5.75 Å². The van der Waals surface area contributed by atoms with Gasteiger partial charge in [0.2, 0.25) is 12.4 Å². The summed E-state index contributed by atoms with van der Waals surface area (Å²) in [5, 5.41) is 0. The molecule has 37 heavy (non-hydrogen) atoms. The highest BCUT2D eigenvalue weighted by Gasteiger charge is 2.31. The van der Waals surface area contributed by atoms with Gasteiger partial charge in [-0.15, -0.1) is 0 Å². The van der Waals surface area contributed by atoms with Crippen LogP contribution in [0.4, 0.5) is 0 Å². The number of carbonyl (C=O) groups excluding carboxylic acids is 1. The lowest BCUT2D eigenvalue weighted by Gasteiger charge is -2.44. The molecule has 0 radical (unpaired) electrons. The van der Waals surface area contributed by atoms with Gasteiger partial charge in [0.25, 0.3) is 0 Å². The molecule has 0 aliphatic carbocycles. The molecule has 0 atom stereocenters. The summed E-state index contributed by atoms with van der Waals surface area (Å²) in [6.07, 6.45) is 1.98. The summed E-state index contributed by atoms with van der Waals surface area (Å²) < 4.78 is 6.23. The standard InChI is InChI=1S/C24H20B.C8H10NO3/c1-5-13-21(14-6-1)25(22-15-7-2-8-16-22,23-17-9-3-10-18-23)24-19-11-4-12-20-24;1-7(10)12-9-5-3-8(11-2)4-6-9/h1-20H;3-6H,1-2H3/q-1;+1. The Morgan fingerprint density at radius 1 is 0.568 bits per heavy atom. The first kappa shape index (κ1) is 25.5. The number of nitrogens with zero attached hydrogens (tertiary/aromatic N) is 1. The molecular formula is C32H30BNO3. The molecule has 0 saturated carbocycles. The molecule has 0 aliphatic heterocycles. The normalized spacial score (nSPS) is 10.5. The van der Waals surface area contributed by atoms with Crippen molar-refractivity contribution in [3.05, 3.63) is 146 Å². The highest BCUT2D eigenvalue weighted by molar-refractivity contribution is 7.19. The maximum absolute atomic E-state index is 10.5. The van der Waals surface area contributed by atoms with Crippen molar-refractivity contribution in [2.24, 2.45) is 0 Å². The van der Waals surface area contributed by atoms with Crippen LogP contribution in [0.3, 0.4) is 0 Å². The number of methoxy groups -OCH3 is 1. The predicted molar refractivity (Wildman–Crippen MR) is 151 cm³/mol. The third-order valence-corrected chi connectivity index (χ3v) is 6.44. The van der Waals surface area contributed by atoms with E-state index in [1.807, 2.05) is 0 Å². The van der Waals surface area contributed by atoms with E-state index in [1.54, 1.807) is 31.6 Å². The van der Waals surface area contributed by atoms with Crippen LogP contribution in [0.25, 0.3) is 0 Å². The molecule has 1 heterocycles. The van der Waals surface area contributed by atoms with Gasteiger partial charge in [0, 0.05) is 23.8 Å². The van der Waals surface area contributed by atoms with Gasteiger partial charge in [0.05, 0.1) is 7.11 Å². The Hall–Kier alpha value is -4.64. The van der Waals surface area contributed by atoms with E-state index in [9.17, 15) is 4.79 Å². The van der Waals surface area contributed by atoms with Crippen molar-refractivity contribution in [2.45, 2.75) is 6.92 Å². The van der Waals surface area contributed by atoms with Crippen molar-refractivity contribution in [3.63, 3.8) is 0 Å². The second-order valence-corrected chi connectivity index (χ2v) is 8.69. The maximum atomic E-state index is 10.5. The van der Waals surface area contributed by atoms with Crippen LogP contribution < -0.4 is 36.2 Å². The Labute approximate surface area is 218 Å². The molecule has 5 rings (SSSR count). The van der Waals surface area contributed by atoms with E-state index in [2.05, 4.69) is 121 Å². The van der Waals surface area contributed by atoms with Gasteiger partial charge in [-0.25, -0.2) is 4.79 Å². The van der Waals surface area contributed by atoms with Crippen molar-refractivity contribution < 1.29 is 19.1 Å². The Kier molecular flexibility index (Phi) is 8.51. The number of carbonyl (C=O) groups is 1. The summed E-state index contributed by atoms with van der Waals surface area (Å²) in [6.45, 7) is 1.34. The van der Waals surface area contributed by atoms with Crippen LogP contribution in [0.1, 0.15) is 6.92 Å². The average molecular weight is 487 g/mol. The van der Waals surface area contributed by atoms with Crippen LogP contribution in [0.5, 0.6) is 5.75 Å². The predicted octanol–water partition coefficient (Wildman–Crippen LogP) is 3.02. The van der Waals surface area contributed by atoms with E-state index in [1.165, 1.54) is 33.5 Å². The fourth-order valence-electron chi connectivity index (χ4n) is 4.87. The lowest BCUT2D eigenvalue weighted by molar-refractivity contribution is -0.869. The van der Waals surface area contributed by atoms with Crippen LogP contribution >= 0.6 is 0 Å². The lowest BCUT2D eigenvalue weighted by Crippen LogP contribution is -2.74. The molecule has 4 nitrogen and oxygen atoms in total. The monoisotopic (exact) mass is 487 g/mol. The summed E-state index contributed by atoms with van der Waals surface area (Å²) in [5.41, 5.74) is 5.36. The minimum atomic E-state index is -1.22. The minimum absolute atomic E-state index is 0.356. The Morgan fingerprint density at radius 2 is 0.892 bits per heavy atom. The Morgan fingerprint density at radius 3 is 1.16 bits per heavy atom. The molecular weight excluding hydrogens is 457 g/mol. The Balaban J connectivity index is 0.000000225. The molecule has 5 aromatic rings. The van der Waals surface area contributed by atoms with Gasteiger partial charge >= 0.3 is 5.97 Å². The van der Waals surface area contributed by atoms with E-state index in [4.69, 9.17) is 9.57 Å². The van der Waals surface area contributed by atoms with Crippen LogP contribution in [0.2, 0.25) is 0 Å². The van der Waals surface area contributed by atoms with Gasteiger partial charge in [-0.3, -0.25) is 0 Å². The zero-order valence-electron chi connectivity index (χ0n) is 21.1. The van der Waals surface area contributed by atoms with E-state index in [0.717, 1.165) is 5.75 Å². The van der Waals surface area contributed by atoms with Crippen molar-refractivity contribution in [2.75, 3.05) is 7.11 Å². The number of pyridine rings is 1. The van der Waals surface area contributed by atoms with Crippen molar-refractivity contribution >= 4 is 34.0 Å². The van der Waals surface area contributed by atoms with Crippen LogP contribution in [-0.2, 0) is 4.79 Å². The molecule has 0 spiro atoms. The first-order chi connectivity index (χ1) is 18.1. The zero-order valence-corrected chi connectivity index (χ0v) is 21.1. The van der Waals surface area contributed by atoms with Crippen LogP contribution in [-0.4, -0.2) is 19.2 Å². The lowest BCUT2D eigenvalue weighted by atomic mass is 9.13. The SMILES string of the molecule is COc1cc[n+](OC(C)=O)cc1.c1ccc([B-](c2ccccc2)(c2ccccc2)c2ccccc2)cc1. The summed E-state index contributed by atoms with van der Waals surface area (Å²) in [4.78, 5) is 15.2. The summed E-state index contributed by atoms with van der Waals surface area (Å²) in [5.74, 6) is 0.364. The second kappa shape index (κ2) is 12.4.